The molecule has 2 nitrogen and oxygen atoms in total. The molecule has 0 aromatic heterocycles. The van der Waals surface area contributed by atoms with E-state index in [2.05, 4.69) is 4.90 Å². The minimum absolute atomic E-state index is 0.101. The molecule has 1 heterocycles. The third kappa shape index (κ3) is 2.94. The van der Waals surface area contributed by atoms with E-state index in [1.807, 2.05) is 0 Å². The van der Waals surface area contributed by atoms with Crippen molar-refractivity contribution in [1.82, 2.24) is 4.90 Å². The van der Waals surface area contributed by atoms with Crippen LogP contribution >= 0.6 is 0 Å². The Morgan fingerprint density at radius 3 is 2.26 bits per heavy atom. The highest BCUT2D eigenvalue weighted by molar-refractivity contribution is 5.00. The summed E-state index contributed by atoms with van der Waals surface area (Å²) < 4.78 is 31.9. The van der Waals surface area contributed by atoms with Crippen molar-refractivity contribution in [3.63, 3.8) is 0 Å². The van der Waals surface area contributed by atoms with Gasteiger partial charge >= 0.3 is 0 Å². The average Bonchev–Trinajstić information content (AvgIpc) is 2.99. The predicted molar refractivity (Wildman–Crippen MR) is 70.4 cm³/mol. The molecule has 19 heavy (non-hydrogen) atoms. The van der Waals surface area contributed by atoms with Crippen LogP contribution in [0.1, 0.15) is 44.9 Å². The standard InChI is InChI=1S/C15H25F2NO/c1-19-12-14(2-3-14)11-18-9-8-13(10-18)4-6-15(16,17)7-5-13/h2-12H2,1H3. The quantitative estimate of drug-likeness (QED) is 0.779. The molecule has 0 N–H and O–H groups in total. The van der Waals surface area contributed by atoms with Crippen LogP contribution in [0.3, 0.4) is 0 Å². The summed E-state index contributed by atoms with van der Waals surface area (Å²) in [7, 11) is 1.77. The van der Waals surface area contributed by atoms with E-state index in [1.165, 1.54) is 12.8 Å². The van der Waals surface area contributed by atoms with Crippen LogP contribution in [-0.4, -0.2) is 44.2 Å². The van der Waals surface area contributed by atoms with Crippen LogP contribution in [0.5, 0.6) is 0 Å². The number of alkyl halides is 2. The number of likely N-dealkylation sites (tertiary alicyclic amines) is 1. The molecule has 0 atom stereocenters. The summed E-state index contributed by atoms with van der Waals surface area (Å²) in [5.74, 6) is -2.40. The van der Waals surface area contributed by atoms with Gasteiger partial charge < -0.3 is 9.64 Å². The summed E-state index contributed by atoms with van der Waals surface area (Å²) in [6.45, 7) is 4.10. The molecular formula is C15H25F2NO. The Labute approximate surface area is 114 Å². The van der Waals surface area contributed by atoms with Gasteiger partial charge in [-0.05, 0) is 44.1 Å². The highest BCUT2D eigenvalue weighted by Crippen LogP contribution is 2.51. The van der Waals surface area contributed by atoms with Gasteiger partial charge in [0.2, 0.25) is 5.92 Å². The van der Waals surface area contributed by atoms with Crippen LogP contribution in [0, 0.1) is 10.8 Å². The predicted octanol–water partition coefficient (Wildman–Crippen LogP) is 3.31. The largest absolute Gasteiger partial charge is 0.384 e. The van der Waals surface area contributed by atoms with Gasteiger partial charge in [-0.1, -0.05) is 0 Å². The van der Waals surface area contributed by atoms with Gasteiger partial charge in [0, 0.05) is 38.5 Å². The fourth-order valence-electron chi connectivity index (χ4n) is 4.02. The molecule has 0 amide bonds. The van der Waals surface area contributed by atoms with E-state index in [0.717, 1.165) is 32.7 Å². The monoisotopic (exact) mass is 273 g/mol. The summed E-state index contributed by atoms with van der Waals surface area (Å²) >= 11 is 0. The lowest BCUT2D eigenvalue weighted by Gasteiger charge is -2.37. The molecule has 4 heteroatoms. The fourth-order valence-corrected chi connectivity index (χ4v) is 4.02. The van der Waals surface area contributed by atoms with Crippen molar-refractivity contribution in [2.75, 3.05) is 33.4 Å². The van der Waals surface area contributed by atoms with Crippen molar-refractivity contribution in [3.05, 3.63) is 0 Å². The Morgan fingerprint density at radius 1 is 1.00 bits per heavy atom. The molecule has 1 spiro atoms. The third-order valence-corrected chi connectivity index (χ3v) is 5.53. The molecule has 3 fully saturated rings. The van der Waals surface area contributed by atoms with E-state index in [1.54, 1.807) is 7.11 Å². The van der Waals surface area contributed by atoms with E-state index >= 15 is 0 Å². The van der Waals surface area contributed by atoms with Crippen molar-refractivity contribution < 1.29 is 13.5 Å². The zero-order valence-corrected chi connectivity index (χ0v) is 11.9. The minimum atomic E-state index is -2.40. The van der Waals surface area contributed by atoms with Crippen LogP contribution in [0.4, 0.5) is 8.78 Å². The van der Waals surface area contributed by atoms with E-state index in [-0.39, 0.29) is 18.3 Å². The second-order valence-electron chi connectivity index (χ2n) is 7.25. The van der Waals surface area contributed by atoms with E-state index in [0.29, 0.717) is 18.3 Å². The first-order valence-corrected chi connectivity index (χ1v) is 7.56. The molecule has 0 radical (unpaired) electrons. The van der Waals surface area contributed by atoms with Gasteiger partial charge in [0.05, 0.1) is 6.61 Å². The summed E-state index contributed by atoms with van der Waals surface area (Å²) in [6, 6.07) is 0. The lowest BCUT2D eigenvalue weighted by molar-refractivity contribution is -0.0651. The molecule has 0 unspecified atom stereocenters. The summed E-state index contributed by atoms with van der Waals surface area (Å²) in [5, 5.41) is 0. The van der Waals surface area contributed by atoms with Gasteiger partial charge in [-0.2, -0.15) is 0 Å². The van der Waals surface area contributed by atoms with E-state index in [9.17, 15) is 8.78 Å². The molecule has 1 saturated heterocycles. The Kier molecular flexibility index (Phi) is 3.37. The van der Waals surface area contributed by atoms with Crippen molar-refractivity contribution in [3.8, 4) is 0 Å². The number of rotatable bonds is 4. The lowest BCUT2D eigenvalue weighted by Crippen LogP contribution is -2.37. The van der Waals surface area contributed by atoms with Gasteiger partial charge in [-0.3, -0.25) is 0 Å². The summed E-state index contributed by atoms with van der Waals surface area (Å²) in [4.78, 5) is 2.51. The molecule has 2 saturated carbocycles. The van der Waals surface area contributed by atoms with Crippen LogP contribution < -0.4 is 0 Å². The summed E-state index contributed by atoms with van der Waals surface area (Å²) in [6.07, 6.45) is 5.28. The number of hydrogen-bond donors (Lipinski definition) is 0. The van der Waals surface area contributed by atoms with Crippen molar-refractivity contribution in [1.29, 1.82) is 0 Å². The van der Waals surface area contributed by atoms with Crippen molar-refractivity contribution >= 4 is 0 Å². The zero-order chi connectivity index (χ0) is 13.6. The second kappa shape index (κ2) is 4.66. The highest BCUT2D eigenvalue weighted by atomic mass is 19.3. The van der Waals surface area contributed by atoms with Gasteiger partial charge in [-0.15, -0.1) is 0 Å². The van der Waals surface area contributed by atoms with Gasteiger partial charge in [0.25, 0.3) is 0 Å². The van der Waals surface area contributed by atoms with Gasteiger partial charge in [-0.25, -0.2) is 8.78 Å². The molecule has 2 aliphatic carbocycles. The fraction of sp³-hybridized carbons (Fsp3) is 1.00. The normalized spacial score (nSPS) is 31.7. The highest BCUT2D eigenvalue weighted by Gasteiger charge is 2.49. The van der Waals surface area contributed by atoms with Crippen LogP contribution in [0.2, 0.25) is 0 Å². The average molecular weight is 273 g/mol. The molecule has 110 valence electrons. The maximum absolute atomic E-state index is 13.3. The van der Waals surface area contributed by atoms with Crippen molar-refractivity contribution in [2.45, 2.75) is 50.9 Å². The van der Waals surface area contributed by atoms with Gasteiger partial charge in [0.15, 0.2) is 0 Å². The first kappa shape index (κ1) is 13.7. The molecule has 0 aromatic rings. The molecule has 3 aliphatic rings. The zero-order valence-electron chi connectivity index (χ0n) is 11.9. The summed E-state index contributed by atoms with van der Waals surface area (Å²) in [5.41, 5.74) is 0.587. The maximum atomic E-state index is 13.3. The van der Waals surface area contributed by atoms with E-state index in [4.69, 9.17) is 4.74 Å². The molecule has 0 bridgehead atoms. The third-order valence-electron chi connectivity index (χ3n) is 5.53. The number of ether oxygens (including phenoxy) is 1. The number of methoxy groups -OCH3 is 1. The number of nitrogens with zero attached hydrogens (tertiary/aromatic N) is 1. The lowest BCUT2D eigenvalue weighted by atomic mass is 9.72. The molecule has 0 aromatic carbocycles. The second-order valence-corrected chi connectivity index (χ2v) is 7.25. The number of hydrogen-bond acceptors (Lipinski definition) is 2. The van der Waals surface area contributed by atoms with Crippen LogP contribution in [-0.2, 0) is 4.74 Å². The Morgan fingerprint density at radius 2 is 1.68 bits per heavy atom. The number of halogens is 2. The van der Waals surface area contributed by atoms with Crippen molar-refractivity contribution in [2.24, 2.45) is 10.8 Å². The molecule has 3 rings (SSSR count). The van der Waals surface area contributed by atoms with E-state index < -0.39 is 5.92 Å². The first-order valence-electron chi connectivity index (χ1n) is 7.56. The topological polar surface area (TPSA) is 12.5 Å². The Balaban J connectivity index is 1.53. The first-order chi connectivity index (χ1) is 8.97. The maximum Gasteiger partial charge on any atom is 0.248 e. The SMILES string of the molecule is COCC1(CN2CCC3(CCC(F)(F)CC3)C2)CC1. The molecule has 1 aliphatic heterocycles. The Bertz CT molecular complexity index is 331. The smallest absolute Gasteiger partial charge is 0.248 e. The minimum Gasteiger partial charge on any atom is -0.384 e. The van der Waals surface area contributed by atoms with Gasteiger partial charge in [0.1, 0.15) is 0 Å². The molecular weight excluding hydrogens is 248 g/mol. The Hall–Kier alpha value is -0.220. The van der Waals surface area contributed by atoms with Crippen LogP contribution in [0.25, 0.3) is 0 Å². The van der Waals surface area contributed by atoms with Crippen LogP contribution in [0.15, 0.2) is 0 Å².